The van der Waals surface area contributed by atoms with Crippen molar-refractivity contribution in [2.45, 2.75) is 31.5 Å². The number of alkyl halides is 3. The highest BCUT2D eigenvalue weighted by molar-refractivity contribution is 5.95. The molecule has 2 aliphatic heterocycles. The molecule has 1 amide bonds. The normalized spacial score (nSPS) is 16.7. The lowest BCUT2D eigenvalue weighted by atomic mass is 10.1. The van der Waals surface area contributed by atoms with Crippen LogP contribution in [-0.4, -0.2) is 56.6 Å². The predicted molar refractivity (Wildman–Crippen MR) is 118 cm³/mol. The van der Waals surface area contributed by atoms with Crippen LogP contribution in [0.2, 0.25) is 0 Å². The van der Waals surface area contributed by atoms with Crippen LogP contribution in [0.25, 0.3) is 11.4 Å². The minimum atomic E-state index is -4.71. The Kier molecular flexibility index (Phi) is 6.13. The van der Waals surface area contributed by atoms with Crippen molar-refractivity contribution in [1.29, 1.82) is 0 Å². The molecule has 0 spiro atoms. The van der Waals surface area contributed by atoms with Crippen molar-refractivity contribution in [2.75, 3.05) is 31.6 Å². The quantitative estimate of drug-likeness (QED) is 0.533. The third-order valence-electron chi connectivity index (χ3n) is 6.12. The summed E-state index contributed by atoms with van der Waals surface area (Å²) in [5.74, 6) is -2.02. The minimum Gasteiger partial charge on any atom is -0.381 e. The predicted octanol–water partition coefficient (Wildman–Crippen LogP) is 4.44. The van der Waals surface area contributed by atoms with Crippen LogP contribution in [0.15, 0.2) is 36.7 Å². The number of hydrogen-bond acceptors (Lipinski definition) is 6. The highest BCUT2D eigenvalue weighted by atomic mass is 19.4. The van der Waals surface area contributed by atoms with Gasteiger partial charge in [0.15, 0.2) is 5.82 Å². The zero-order valence-electron chi connectivity index (χ0n) is 18.6. The molecule has 0 aliphatic carbocycles. The van der Waals surface area contributed by atoms with Crippen LogP contribution in [0.5, 0.6) is 0 Å². The van der Waals surface area contributed by atoms with Crippen molar-refractivity contribution in [3.8, 4) is 11.4 Å². The van der Waals surface area contributed by atoms with E-state index >= 15 is 0 Å². The molecular weight excluding hydrogens is 468 g/mol. The zero-order valence-corrected chi connectivity index (χ0v) is 18.6. The molecule has 1 aromatic carbocycles. The molecule has 2 saturated heterocycles. The van der Waals surface area contributed by atoms with E-state index in [1.54, 1.807) is 29.2 Å². The van der Waals surface area contributed by atoms with Gasteiger partial charge in [0.1, 0.15) is 5.69 Å². The van der Waals surface area contributed by atoms with Gasteiger partial charge in [0.2, 0.25) is 11.8 Å². The number of nitrogens with zero attached hydrogens (tertiary/aromatic N) is 5. The van der Waals surface area contributed by atoms with Crippen molar-refractivity contribution in [3.05, 3.63) is 53.9 Å². The van der Waals surface area contributed by atoms with Gasteiger partial charge in [-0.05, 0) is 43.5 Å². The standard InChI is InChI=1S/C23H22F4N6O2/c24-17-12-29-22(30-15-4-2-14(3-5-15)20(34)32-8-1-9-32)31-19(17)18-13-28-21(23(25,26)27)33(18)16-6-10-35-11-7-16/h2-5,12-13,16H,1,6-11H2,(H,29,30,31). The van der Waals surface area contributed by atoms with E-state index < -0.39 is 23.9 Å². The molecule has 2 aromatic heterocycles. The van der Waals surface area contributed by atoms with Gasteiger partial charge in [-0.1, -0.05) is 0 Å². The molecule has 2 aliphatic rings. The number of ether oxygens (including phenoxy) is 1. The molecule has 0 bridgehead atoms. The van der Waals surface area contributed by atoms with E-state index in [1.807, 2.05) is 0 Å². The summed E-state index contributed by atoms with van der Waals surface area (Å²) in [4.78, 5) is 25.7. The van der Waals surface area contributed by atoms with E-state index in [-0.39, 0.29) is 23.2 Å². The zero-order chi connectivity index (χ0) is 24.6. The Morgan fingerprint density at radius 3 is 2.40 bits per heavy atom. The summed E-state index contributed by atoms with van der Waals surface area (Å²) in [6.07, 6.45) is -1.14. The molecule has 0 saturated carbocycles. The third-order valence-corrected chi connectivity index (χ3v) is 6.12. The molecule has 1 N–H and O–H groups in total. The summed E-state index contributed by atoms with van der Waals surface area (Å²) < 4.78 is 62.1. The SMILES string of the molecule is O=C(c1ccc(Nc2ncc(F)c(-c3cnc(C(F)(F)F)n3C3CCOCC3)n2)cc1)N1CCC1. The van der Waals surface area contributed by atoms with Crippen LogP contribution in [-0.2, 0) is 10.9 Å². The van der Waals surface area contributed by atoms with Gasteiger partial charge in [-0.15, -0.1) is 0 Å². The molecule has 0 unspecified atom stereocenters. The molecule has 3 aromatic rings. The number of benzene rings is 1. The molecule has 0 atom stereocenters. The minimum absolute atomic E-state index is 0.00324. The molecule has 12 heteroatoms. The van der Waals surface area contributed by atoms with Crippen molar-refractivity contribution >= 4 is 17.5 Å². The van der Waals surface area contributed by atoms with Crippen LogP contribution < -0.4 is 5.32 Å². The molecule has 5 rings (SSSR count). The molecule has 0 radical (unpaired) electrons. The summed E-state index contributed by atoms with van der Waals surface area (Å²) in [6, 6.07) is 6.08. The highest BCUT2D eigenvalue weighted by Gasteiger charge is 2.40. The number of rotatable bonds is 5. The number of likely N-dealkylation sites (tertiary alicyclic amines) is 1. The van der Waals surface area contributed by atoms with E-state index in [0.717, 1.165) is 36.5 Å². The summed E-state index contributed by atoms with van der Waals surface area (Å²) in [6.45, 7) is 2.08. The Morgan fingerprint density at radius 2 is 1.77 bits per heavy atom. The van der Waals surface area contributed by atoms with Crippen molar-refractivity contribution in [1.82, 2.24) is 24.4 Å². The van der Waals surface area contributed by atoms with E-state index in [2.05, 4.69) is 20.3 Å². The topological polar surface area (TPSA) is 85.2 Å². The number of imidazole rings is 1. The molecule has 35 heavy (non-hydrogen) atoms. The van der Waals surface area contributed by atoms with E-state index in [1.165, 1.54) is 0 Å². The maximum Gasteiger partial charge on any atom is 0.449 e. The van der Waals surface area contributed by atoms with E-state index in [0.29, 0.717) is 37.3 Å². The number of carbonyl (C=O) groups is 1. The Labute approximate surface area is 198 Å². The lowest BCUT2D eigenvalue weighted by molar-refractivity contribution is -0.148. The van der Waals surface area contributed by atoms with Gasteiger partial charge in [0, 0.05) is 43.6 Å². The Bertz CT molecular complexity index is 1220. The summed E-state index contributed by atoms with van der Waals surface area (Å²) in [5, 5.41) is 2.91. The Balaban J connectivity index is 1.44. The second kappa shape index (κ2) is 9.25. The Hall–Kier alpha value is -3.54. The largest absolute Gasteiger partial charge is 0.449 e. The molecular formula is C23H22F4N6O2. The van der Waals surface area contributed by atoms with Crippen molar-refractivity contribution in [2.24, 2.45) is 0 Å². The fraction of sp³-hybridized carbons (Fsp3) is 0.391. The first kappa shape index (κ1) is 23.2. The number of amides is 1. The number of carbonyl (C=O) groups excluding carboxylic acids is 1. The van der Waals surface area contributed by atoms with Crippen molar-refractivity contribution < 1.29 is 27.1 Å². The maximum absolute atomic E-state index is 14.8. The molecule has 184 valence electrons. The third kappa shape index (κ3) is 4.70. The average Bonchev–Trinajstić information content (AvgIpc) is 3.26. The fourth-order valence-electron chi connectivity index (χ4n) is 4.19. The second-order valence-electron chi connectivity index (χ2n) is 8.42. The van der Waals surface area contributed by atoms with Gasteiger partial charge in [-0.3, -0.25) is 4.79 Å². The van der Waals surface area contributed by atoms with Gasteiger partial charge >= 0.3 is 6.18 Å². The number of hydrogen-bond donors (Lipinski definition) is 1. The molecule has 4 heterocycles. The lowest BCUT2D eigenvalue weighted by Gasteiger charge is -2.30. The first-order valence-electron chi connectivity index (χ1n) is 11.2. The first-order valence-corrected chi connectivity index (χ1v) is 11.2. The van der Waals surface area contributed by atoms with E-state index in [9.17, 15) is 22.4 Å². The van der Waals surface area contributed by atoms with Crippen molar-refractivity contribution in [3.63, 3.8) is 0 Å². The van der Waals surface area contributed by atoms with Gasteiger partial charge in [-0.25, -0.2) is 19.3 Å². The van der Waals surface area contributed by atoms with Crippen LogP contribution in [0, 0.1) is 5.82 Å². The van der Waals surface area contributed by atoms with Gasteiger partial charge in [0.25, 0.3) is 5.91 Å². The lowest BCUT2D eigenvalue weighted by Crippen LogP contribution is -2.41. The number of anilines is 2. The van der Waals surface area contributed by atoms with Crippen LogP contribution in [0.3, 0.4) is 0 Å². The van der Waals surface area contributed by atoms with Gasteiger partial charge in [0.05, 0.1) is 18.1 Å². The second-order valence-corrected chi connectivity index (χ2v) is 8.42. The van der Waals surface area contributed by atoms with Crippen LogP contribution in [0.4, 0.5) is 29.2 Å². The number of halogens is 4. The highest BCUT2D eigenvalue weighted by Crippen LogP contribution is 2.37. The maximum atomic E-state index is 14.8. The summed E-state index contributed by atoms with van der Waals surface area (Å²) >= 11 is 0. The molecule has 2 fully saturated rings. The molecule has 8 nitrogen and oxygen atoms in total. The van der Waals surface area contributed by atoms with Gasteiger partial charge in [-0.2, -0.15) is 13.2 Å². The monoisotopic (exact) mass is 490 g/mol. The van der Waals surface area contributed by atoms with E-state index in [4.69, 9.17) is 4.74 Å². The number of nitrogens with one attached hydrogen (secondary N) is 1. The first-order chi connectivity index (χ1) is 16.8. The van der Waals surface area contributed by atoms with Gasteiger partial charge < -0.3 is 19.5 Å². The average molecular weight is 490 g/mol. The summed E-state index contributed by atoms with van der Waals surface area (Å²) in [7, 11) is 0. The number of aromatic nitrogens is 4. The smallest absolute Gasteiger partial charge is 0.381 e. The fourth-order valence-corrected chi connectivity index (χ4v) is 4.19. The van der Waals surface area contributed by atoms with Crippen LogP contribution >= 0.6 is 0 Å². The Morgan fingerprint density at radius 1 is 1.06 bits per heavy atom. The summed E-state index contributed by atoms with van der Waals surface area (Å²) in [5.41, 5.74) is 0.705. The van der Waals surface area contributed by atoms with Crippen LogP contribution in [0.1, 0.15) is 41.5 Å².